The minimum Gasteiger partial charge on any atom is -0.309 e. The Kier molecular flexibility index (Phi) is 4.22. The van der Waals surface area contributed by atoms with Gasteiger partial charge in [-0.1, -0.05) is 29.8 Å². The summed E-state index contributed by atoms with van der Waals surface area (Å²) in [4.78, 5) is 0. The third kappa shape index (κ3) is 3.24. The molecule has 1 atom stereocenters. The predicted molar refractivity (Wildman–Crippen MR) is 61.0 cm³/mol. The molecular weight excluding hydrogens is 170 g/mol. The van der Waals surface area contributed by atoms with E-state index in [1.807, 2.05) is 0 Å². The lowest BCUT2D eigenvalue weighted by Crippen LogP contribution is -2.19. The highest BCUT2D eigenvalue weighted by molar-refractivity contribution is 5.24. The largest absolute Gasteiger partial charge is 0.309 e. The normalized spacial score (nSPS) is 12.1. The summed E-state index contributed by atoms with van der Waals surface area (Å²) in [5, 5.41) is 3.38. The highest BCUT2D eigenvalue weighted by atomic mass is 14.9. The fraction of sp³-hybridized carbons (Fsp3) is 0.385. The van der Waals surface area contributed by atoms with Crippen LogP contribution in [0.2, 0.25) is 0 Å². The van der Waals surface area contributed by atoms with Crippen molar-refractivity contribution < 1.29 is 0 Å². The minimum absolute atomic E-state index is 0.378. The van der Waals surface area contributed by atoms with Crippen LogP contribution in [0.15, 0.2) is 24.3 Å². The number of rotatable bonds is 4. The Bertz CT molecular complexity index is 322. The molecule has 0 bridgehead atoms. The van der Waals surface area contributed by atoms with Gasteiger partial charge in [-0.05, 0) is 19.4 Å². The van der Waals surface area contributed by atoms with Gasteiger partial charge < -0.3 is 5.32 Å². The van der Waals surface area contributed by atoms with E-state index in [4.69, 9.17) is 6.42 Å². The van der Waals surface area contributed by atoms with Crippen molar-refractivity contribution in [3.63, 3.8) is 0 Å². The van der Waals surface area contributed by atoms with E-state index in [2.05, 4.69) is 49.4 Å². The molecule has 0 fully saturated rings. The zero-order valence-corrected chi connectivity index (χ0v) is 8.88. The van der Waals surface area contributed by atoms with Gasteiger partial charge in [0.1, 0.15) is 0 Å². The summed E-state index contributed by atoms with van der Waals surface area (Å²) < 4.78 is 0. The van der Waals surface area contributed by atoms with E-state index in [1.165, 1.54) is 11.1 Å². The van der Waals surface area contributed by atoms with Crippen molar-refractivity contribution in [3.05, 3.63) is 35.4 Å². The summed E-state index contributed by atoms with van der Waals surface area (Å²) in [6.45, 7) is 5.15. The molecule has 0 aliphatic heterocycles. The Morgan fingerprint density at radius 3 is 2.93 bits per heavy atom. The predicted octanol–water partition coefficient (Wildman–Crippen LogP) is 2.67. The summed E-state index contributed by atoms with van der Waals surface area (Å²) in [6.07, 6.45) is 5.98. The molecule has 1 aromatic rings. The van der Waals surface area contributed by atoms with Gasteiger partial charge in [0.05, 0.1) is 0 Å². The monoisotopic (exact) mass is 187 g/mol. The molecule has 1 aromatic carbocycles. The molecule has 14 heavy (non-hydrogen) atoms. The quantitative estimate of drug-likeness (QED) is 0.564. The molecule has 0 aliphatic rings. The van der Waals surface area contributed by atoms with Gasteiger partial charge in [0.25, 0.3) is 0 Å². The molecule has 1 rings (SSSR count). The lowest BCUT2D eigenvalue weighted by Gasteiger charge is -2.13. The Labute approximate surface area is 86.5 Å². The maximum absolute atomic E-state index is 5.19. The van der Waals surface area contributed by atoms with E-state index in [1.54, 1.807) is 0 Å². The van der Waals surface area contributed by atoms with Crippen LogP contribution in [0.5, 0.6) is 0 Å². The molecule has 0 radical (unpaired) electrons. The number of terminal acetylenes is 1. The minimum atomic E-state index is 0.378. The lowest BCUT2D eigenvalue weighted by atomic mass is 10.1. The van der Waals surface area contributed by atoms with Gasteiger partial charge in [-0.2, -0.15) is 0 Å². The van der Waals surface area contributed by atoms with Gasteiger partial charge in [0.2, 0.25) is 0 Å². The van der Waals surface area contributed by atoms with E-state index < -0.39 is 0 Å². The average Bonchev–Trinajstić information content (AvgIpc) is 2.18. The van der Waals surface area contributed by atoms with Crippen molar-refractivity contribution in [3.8, 4) is 12.3 Å². The standard InChI is InChI=1S/C13H17N/c1-4-5-9-14-12(3)13-8-6-7-11(2)10-13/h1,6-8,10,12,14H,5,9H2,2-3H3/t12-/m1/s1. The first-order valence-electron chi connectivity index (χ1n) is 4.97. The van der Waals surface area contributed by atoms with Crippen LogP contribution in [0.25, 0.3) is 0 Å². The van der Waals surface area contributed by atoms with Crippen LogP contribution in [-0.4, -0.2) is 6.54 Å². The van der Waals surface area contributed by atoms with Crippen molar-refractivity contribution >= 4 is 0 Å². The van der Waals surface area contributed by atoms with E-state index in [9.17, 15) is 0 Å². The van der Waals surface area contributed by atoms with Crippen molar-refractivity contribution in [1.29, 1.82) is 0 Å². The lowest BCUT2D eigenvalue weighted by molar-refractivity contribution is 0.584. The Balaban J connectivity index is 2.52. The maximum Gasteiger partial charge on any atom is 0.0292 e. The Morgan fingerprint density at radius 2 is 2.29 bits per heavy atom. The highest BCUT2D eigenvalue weighted by Gasteiger charge is 2.02. The van der Waals surface area contributed by atoms with Gasteiger partial charge in [0.15, 0.2) is 0 Å². The summed E-state index contributed by atoms with van der Waals surface area (Å²) in [7, 11) is 0. The molecule has 1 heteroatoms. The van der Waals surface area contributed by atoms with Crippen LogP contribution >= 0.6 is 0 Å². The number of hydrogen-bond acceptors (Lipinski definition) is 1. The molecule has 0 spiro atoms. The van der Waals surface area contributed by atoms with Crippen LogP contribution in [0.3, 0.4) is 0 Å². The van der Waals surface area contributed by atoms with Gasteiger partial charge in [-0.25, -0.2) is 0 Å². The van der Waals surface area contributed by atoms with Gasteiger partial charge in [-0.3, -0.25) is 0 Å². The molecular formula is C13H17N. The first-order chi connectivity index (χ1) is 6.74. The maximum atomic E-state index is 5.19. The molecule has 1 nitrogen and oxygen atoms in total. The second kappa shape index (κ2) is 5.47. The topological polar surface area (TPSA) is 12.0 Å². The Morgan fingerprint density at radius 1 is 1.50 bits per heavy atom. The fourth-order valence-electron chi connectivity index (χ4n) is 1.42. The zero-order valence-electron chi connectivity index (χ0n) is 8.88. The smallest absolute Gasteiger partial charge is 0.0292 e. The van der Waals surface area contributed by atoms with Crippen molar-refractivity contribution in [1.82, 2.24) is 5.32 Å². The summed E-state index contributed by atoms with van der Waals surface area (Å²) >= 11 is 0. The second-order valence-electron chi connectivity index (χ2n) is 3.54. The van der Waals surface area contributed by atoms with Crippen LogP contribution in [0, 0.1) is 19.3 Å². The number of aryl methyl sites for hydroxylation is 1. The fourth-order valence-corrected chi connectivity index (χ4v) is 1.42. The van der Waals surface area contributed by atoms with Crippen molar-refractivity contribution in [2.75, 3.05) is 6.54 Å². The second-order valence-corrected chi connectivity index (χ2v) is 3.54. The molecule has 0 saturated heterocycles. The number of nitrogens with one attached hydrogen (secondary N) is 1. The summed E-state index contributed by atoms with van der Waals surface area (Å²) in [5.74, 6) is 2.62. The molecule has 0 amide bonds. The van der Waals surface area contributed by atoms with Crippen molar-refractivity contribution in [2.24, 2.45) is 0 Å². The van der Waals surface area contributed by atoms with Gasteiger partial charge in [0, 0.05) is 19.0 Å². The highest BCUT2D eigenvalue weighted by Crippen LogP contribution is 2.13. The molecule has 74 valence electrons. The first kappa shape index (κ1) is 10.8. The van der Waals surface area contributed by atoms with Gasteiger partial charge in [-0.15, -0.1) is 12.3 Å². The third-order valence-electron chi connectivity index (χ3n) is 2.26. The molecule has 0 heterocycles. The van der Waals surface area contributed by atoms with Crippen LogP contribution in [-0.2, 0) is 0 Å². The summed E-state index contributed by atoms with van der Waals surface area (Å²) in [5.41, 5.74) is 2.62. The SMILES string of the molecule is C#CCCN[C@H](C)c1cccc(C)c1. The van der Waals surface area contributed by atoms with E-state index in [0.717, 1.165) is 13.0 Å². The number of hydrogen-bond donors (Lipinski definition) is 1. The van der Waals surface area contributed by atoms with Gasteiger partial charge >= 0.3 is 0 Å². The molecule has 0 unspecified atom stereocenters. The van der Waals surface area contributed by atoms with Crippen LogP contribution in [0.1, 0.15) is 30.5 Å². The Hall–Kier alpha value is -1.26. The molecule has 1 N–H and O–H groups in total. The molecule has 0 aliphatic carbocycles. The third-order valence-corrected chi connectivity index (χ3v) is 2.26. The first-order valence-corrected chi connectivity index (χ1v) is 4.97. The van der Waals surface area contributed by atoms with Crippen molar-refractivity contribution in [2.45, 2.75) is 26.3 Å². The van der Waals surface area contributed by atoms with E-state index in [-0.39, 0.29) is 0 Å². The zero-order chi connectivity index (χ0) is 10.4. The average molecular weight is 187 g/mol. The van der Waals surface area contributed by atoms with Crippen LogP contribution in [0.4, 0.5) is 0 Å². The number of benzene rings is 1. The molecule has 0 aromatic heterocycles. The van der Waals surface area contributed by atoms with E-state index >= 15 is 0 Å². The van der Waals surface area contributed by atoms with E-state index in [0.29, 0.717) is 6.04 Å². The summed E-state index contributed by atoms with van der Waals surface area (Å²) in [6, 6.07) is 8.92. The van der Waals surface area contributed by atoms with Crippen LogP contribution < -0.4 is 5.32 Å². The molecule has 0 saturated carbocycles.